The molecule has 1 amide bonds. The third-order valence-corrected chi connectivity index (χ3v) is 4.26. The molecule has 114 valence electrons. The Morgan fingerprint density at radius 3 is 2.57 bits per heavy atom. The van der Waals surface area contributed by atoms with Gasteiger partial charge in [0, 0.05) is 5.69 Å². The van der Waals surface area contributed by atoms with Gasteiger partial charge >= 0.3 is 6.36 Å². The summed E-state index contributed by atoms with van der Waals surface area (Å²) in [5.74, 6) is -0.411. The number of amides is 1. The summed E-state index contributed by atoms with van der Waals surface area (Å²) < 4.78 is 41.0. The van der Waals surface area contributed by atoms with E-state index in [-0.39, 0.29) is 11.7 Å². The van der Waals surface area contributed by atoms with E-state index in [1.54, 1.807) is 0 Å². The number of hydrogen-bond acceptors (Lipinski definition) is 3. The first-order valence-corrected chi connectivity index (χ1v) is 6.70. The van der Waals surface area contributed by atoms with Crippen LogP contribution in [-0.2, 0) is 10.2 Å². The van der Waals surface area contributed by atoms with Gasteiger partial charge in [-0.2, -0.15) is 0 Å². The third-order valence-electron chi connectivity index (χ3n) is 4.26. The Morgan fingerprint density at radius 2 is 1.95 bits per heavy atom. The molecule has 1 spiro atoms. The molecule has 2 aliphatic rings. The van der Waals surface area contributed by atoms with Crippen LogP contribution in [0.2, 0.25) is 0 Å². The molecule has 0 radical (unpaired) electrons. The molecule has 1 fully saturated rings. The van der Waals surface area contributed by atoms with Gasteiger partial charge in [-0.15, -0.1) is 13.2 Å². The van der Waals surface area contributed by atoms with E-state index in [1.807, 2.05) is 7.05 Å². The molecule has 0 unspecified atom stereocenters. The molecule has 4 nitrogen and oxygen atoms in total. The number of alkyl halides is 3. The van der Waals surface area contributed by atoms with Crippen LogP contribution in [0.3, 0.4) is 0 Å². The van der Waals surface area contributed by atoms with Crippen molar-refractivity contribution in [1.29, 1.82) is 0 Å². The van der Waals surface area contributed by atoms with Crippen LogP contribution in [0.4, 0.5) is 18.9 Å². The van der Waals surface area contributed by atoms with Crippen LogP contribution in [-0.4, -0.2) is 37.3 Å². The lowest BCUT2D eigenvalue weighted by atomic mass is 9.74. The second kappa shape index (κ2) is 4.62. The number of nitrogens with zero attached hydrogens (tertiary/aromatic N) is 1. The van der Waals surface area contributed by atoms with Crippen molar-refractivity contribution >= 4 is 11.6 Å². The monoisotopic (exact) mass is 300 g/mol. The lowest BCUT2D eigenvalue weighted by molar-refractivity contribution is -0.274. The Balaban J connectivity index is 1.97. The molecule has 1 saturated heterocycles. The van der Waals surface area contributed by atoms with Crippen LogP contribution < -0.4 is 10.1 Å². The first kappa shape index (κ1) is 14.2. The number of nitrogens with one attached hydrogen (secondary N) is 1. The number of anilines is 1. The lowest BCUT2D eigenvalue weighted by Gasteiger charge is -2.36. The molecule has 2 aliphatic heterocycles. The van der Waals surface area contributed by atoms with Crippen LogP contribution in [0, 0.1) is 0 Å². The van der Waals surface area contributed by atoms with Crippen molar-refractivity contribution in [2.45, 2.75) is 24.6 Å². The Bertz CT molecular complexity index is 578. The van der Waals surface area contributed by atoms with Gasteiger partial charge in [0.05, 0.1) is 5.41 Å². The lowest BCUT2D eigenvalue weighted by Crippen LogP contribution is -2.45. The van der Waals surface area contributed by atoms with Gasteiger partial charge in [-0.1, -0.05) is 0 Å². The first-order chi connectivity index (χ1) is 9.80. The number of rotatable bonds is 1. The van der Waals surface area contributed by atoms with Gasteiger partial charge in [0.15, 0.2) is 0 Å². The normalized spacial score (nSPS) is 21.2. The highest BCUT2D eigenvalue weighted by atomic mass is 19.4. The molecule has 7 heteroatoms. The Morgan fingerprint density at radius 1 is 1.29 bits per heavy atom. The van der Waals surface area contributed by atoms with E-state index in [1.165, 1.54) is 18.2 Å². The van der Waals surface area contributed by atoms with Crippen LogP contribution in [0.15, 0.2) is 18.2 Å². The standard InChI is InChI=1S/C14H15F3N2O2/c1-19-6-4-13(5-7-19)10-8-9(21-14(15,16)17)2-3-11(10)18-12(13)20/h2-3,8H,4-7H2,1H3,(H,18,20). The molecule has 0 aliphatic carbocycles. The number of likely N-dealkylation sites (tertiary alicyclic amines) is 1. The second-order valence-corrected chi connectivity index (χ2v) is 5.59. The average Bonchev–Trinajstić information content (AvgIpc) is 2.65. The number of hydrogen-bond donors (Lipinski definition) is 1. The summed E-state index contributed by atoms with van der Waals surface area (Å²) >= 11 is 0. The molecule has 0 bridgehead atoms. The fourth-order valence-electron chi connectivity index (χ4n) is 3.09. The largest absolute Gasteiger partial charge is 0.573 e. The van der Waals surface area contributed by atoms with Crippen molar-refractivity contribution in [2.75, 3.05) is 25.5 Å². The van der Waals surface area contributed by atoms with Crippen LogP contribution >= 0.6 is 0 Å². The highest BCUT2D eigenvalue weighted by Gasteiger charge is 2.48. The number of carbonyl (C=O) groups excluding carboxylic acids is 1. The first-order valence-electron chi connectivity index (χ1n) is 6.70. The van der Waals surface area contributed by atoms with Gasteiger partial charge in [-0.05, 0) is 56.7 Å². The summed E-state index contributed by atoms with van der Waals surface area (Å²) in [7, 11) is 1.96. The molecule has 1 aromatic rings. The third kappa shape index (κ3) is 2.46. The van der Waals surface area contributed by atoms with Crippen molar-refractivity contribution in [3.8, 4) is 5.75 Å². The molecule has 2 heterocycles. The van der Waals surface area contributed by atoms with Crippen molar-refractivity contribution in [2.24, 2.45) is 0 Å². The molecule has 21 heavy (non-hydrogen) atoms. The Hall–Kier alpha value is -1.76. The molecule has 0 saturated carbocycles. The van der Waals surface area contributed by atoms with Gasteiger partial charge in [-0.3, -0.25) is 4.79 Å². The van der Waals surface area contributed by atoms with E-state index in [4.69, 9.17) is 0 Å². The molecule has 1 N–H and O–H groups in total. The summed E-state index contributed by atoms with van der Waals surface area (Å²) in [5, 5.41) is 2.77. The van der Waals surface area contributed by atoms with Gasteiger partial charge in [0.1, 0.15) is 5.75 Å². The van der Waals surface area contributed by atoms with E-state index >= 15 is 0 Å². The molecule has 3 rings (SSSR count). The summed E-state index contributed by atoms with van der Waals surface area (Å²) in [5.41, 5.74) is 0.466. The van der Waals surface area contributed by atoms with E-state index in [0.717, 1.165) is 13.1 Å². The van der Waals surface area contributed by atoms with Crippen molar-refractivity contribution in [1.82, 2.24) is 4.90 Å². The Kier molecular flexibility index (Phi) is 3.12. The van der Waals surface area contributed by atoms with Crippen molar-refractivity contribution in [3.63, 3.8) is 0 Å². The fourth-order valence-corrected chi connectivity index (χ4v) is 3.09. The minimum atomic E-state index is -4.73. The zero-order valence-corrected chi connectivity index (χ0v) is 11.5. The van der Waals surface area contributed by atoms with Crippen LogP contribution in [0.25, 0.3) is 0 Å². The SMILES string of the molecule is CN1CCC2(CC1)C(=O)Nc1ccc(OC(F)(F)F)cc12. The number of piperidine rings is 1. The molecule has 0 aromatic heterocycles. The zero-order valence-electron chi connectivity index (χ0n) is 11.5. The predicted octanol–water partition coefficient (Wildman–Crippen LogP) is 2.50. The van der Waals surface area contributed by atoms with E-state index < -0.39 is 11.8 Å². The quantitative estimate of drug-likeness (QED) is 0.866. The maximum Gasteiger partial charge on any atom is 0.573 e. The average molecular weight is 300 g/mol. The Labute approximate surface area is 119 Å². The van der Waals surface area contributed by atoms with Crippen molar-refractivity contribution < 1.29 is 22.7 Å². The summed E-state index contributed by atoms with van der Waals surface area (Å²) in [4.78, 5) is 14.4. The minimum absolute atomic E-state index is 0.130. The molecule has 1 aromatic carbocycles. The highest BCUT2D eigenvalue weighted by Crippen LogP contribution is 2.46. The predicted molar refractivity (Wildman–Crippen MR) is 70.2 cm³/mol. The van der Waals surface area contributed by atoms with E-state index in [0.29, 0.717) is 24.1 Å². The summed E-state index contributed by atoms with van der Waals surface area (Å²) in [6.07, 6.45) is -3.54. The minimum Gasteiger partial charge on any atom is -0.406 e. The fraction of sp³-hybridized carbons (Fsp3) is 0.500. The summed E-state index contributed by atoms with van der Waals surface area (Å²) in [6.45, 7) is 1.47. The van der Waals surface area contributed by atoms with Gasteiger partial charge in [0.2, 0.25) is 5.91 Å². The van der Waals surface area contributed by atoms with Gasteiger partial charge < -0.3 is 15.0 Å². The van der Waals surface area contributed by atoms with Gasteiger partial charge in [0.25, 0.3) is 0 Å². The van der Waals surface area contributed by atoms with E-state index in [2.05, 4.69) is 15.0 Å². The van der Waals surface area contributed by atoms with E-state index in [9.17, 15) is 18.0 Å². The molecule has 0 atom stereocenters. The van der Waals surface area contributed by atoms with Crippen LogP contribution in [0.1, 0.15) is 18.4 Å². The molecular weight excluding hydrogens is 285 g/mol. The number of halogens is 3. The second-order valence-electron chi connectivity index (χ2n) is 5.59. The number of ether oxygens (including phenoxy) is 1. The number of benzene rings is 1. The zero-order chi connectivity index (χ0) is 15.3. The number of carbonyl (C=O) groups is 1. The molecular formula is C14H15F3N2O2. The summed E-state index contributed by atoms with van der Waals surface area (Å²) in [6, 6.07) is 4.04. The smallest absolute Gasteiger partial charge is 0.406 e. The highest BCUT2D eigenvalue weighted by molar-refractivity contribution is 6.06. The van der Waals surface area contributed by atoms with Crippen LogP contribution in [0.5, 0.6) is 5.75 Å². The number of fused-ring (bicyclic) bond motifs is 2. The maximum absolute atomic E-state index is 12.3. The topological polar surface area (TPSA) is 41.6 Å². The van der Waals surface area contributed by atoms with Crippen molar-refractivity contribution in [3.05, 3.63) is 23.8 Å². The maximum atomic E-state index is 12.3. The van der Waals surface area contributed by atoms with Gasteiger partial charge in [-0.25, -0.2) is 0 Å².